The van der Waals surface area contributed by atoms with E-state index in [9.17, 15) is 4.79 Å². The summed E-state index contributed by atoms with van der Waals surface area (Å²) in [7, 11) is 0. The van der Waals surface area contributed by atoms with Crippen LogP contribution in [0.4, 0.5) is 0 Å². The highest BCUT2D eigenvalue weighted by Crippen LogP contribution is 2.66. The quantitative estimate of drug-likeness (QED) is 0.649. The van der Waals surface area contributed by atoms with Crippen LogP contribution in [0.1, 0.15) is 61.1 Å². The molecule has 1 spiro atoms. The van der Waals surface area contributed by atoms with E-state index >= 15 is 0 Å². The van der Waals surface area contributed by atoms with Crippen molar-refractivity contribution in [2.24, 2.45) is 17.3 Å². The third-order valence-electron chi connectivity index (χ3n) is 7.79. The number of fused-ring (bicyclic) bond motifs is 2. The van der Waals surface area contributed by atoms with E-state index in [2.05, 4.69) is 18.2 Å². The first kappa shape index (κ1) is 12.1. The van der Waals surface area contributed by atoms with Gasteiger partial charge in [0.1, 0.15) is 5.78 Å². The van der Waals surface area contributed by atoms with Crippen molar-refractivity contribution < 1.29 is 4.79 Å². The lowest BCUT2D eigenvalue weighted by Gasteiger charge is -2.44. The maximum Gasteiger partial charge on any atom is 0.141 e. The second-order valence-electron chi connectivity index (χ2n) is 8.47. The summed E-state index contributed by atoms with van der Waals surface area (Å²) < 4.78 is 0. The molecule has 0 heterocycles. The van der Waals surface area contributed by atoms with Gasteiger partial charge in [0.25, 0.3) is 0 Å². The molecule has 6 aliphatic carbocycles. The molecule has 6 aliphatic rings. The van der Waals surface area contributed by atoms with Gasteiger partial charge in [0.05, 0.1) is 0 Å². The lowest BCUT2D eigenvalue weighted by Crippen LogP contribution is -2.41. The van der Waals surface area contributed by atoms with Crippen LogP contribution in [0.3, 0.4) is 0 Å². The highest BCUT2D eigenvalue weighted by atomic mass is 16.1. The molecule has 1 aromatic carbocycles. The van der Waals surface area contributed by atoms with Crippen molar-refractivity contribution in [3.63, 3.8) is 0 Å². The third kappa shape index (κ3) is 1.27. The van der Waals surface area contributed by atoms with E-state index in [1.807, 2.05) is 0 Å². The minimum atomic E-state index is 0.285. The zero-order valence-electron chi connectivity index (χ0n) is 13.0. The average Bonchev–Trinajstić information content (AvgIpc) is 3.11. The van der Waals surface area contributed by atoms with Gasteiger partial charge >= 0.3 is 0 Å². The fourth-order valence-corrected chi connectivity index (χ4v) is 6.82. The lowest BCUT2D eigenvalue weighted by molar-refractivity contribution is -0.126. The molecule has 4 unspecified atom stereocenters. The first-order chi connectivity index (χ1) is 10.7. The van der Waals surface area contributed by atoms with Crippen LogP contribution in [-0.2, 0) is 17.6 Å². The number of carbonyl (C=O) groups is 1. The summed E-state index contributed by atoms with van der Waals surface area (Å²) in [5, 5.41) is 0. The third-order valence-corrected chi connectivity index (χ3v) is 7.79. The van der Waals surface area contributed by atoms with Crippen LogP contribution in [0.15, 0.2) is 29.3 Å². The van der Waals surface area contributed by atoms with Gasteiger partial charge in [0.2, 0.25) is 0 Å². The Labute approximate surface area is 131 Å². The fraction of sp³-hybridized carbons (Fsp3) is 0.571. The van der Waals surface area contributed by atoms with Crippen molar-refractivity contribution in [2.45, 2.75) is 57.3 Å². The number of allylic oxidation sites excluding steroid dienone is 2. The number of rotatable bonds is 0. The van der Waals surface area contributed by atoms with E-state index in [1.165, 1.54) is 49.7 Å². The highest BCUT2D eigenvalue weighted by molar-refractivity contribution is 5.87. The Bertz CT molecular complexity index is 755. The molecular formula is C21H22O. The van der Waals surface area contributed by atoms with Crippen LogP contribution in [0.2, 0.25) is 0 Å². The maximum atomic E-state index is 13.0. The Morgan fingerprint density at radius 2 is 2.00 bits per heavy atom. The van der Waals surface area contributed by atoms with Gasteiger partial charge in [-0.05, 0) is 73.5 Å². The van der Waals surface area contributed by atoms with Gasteiger partial charge in [0, 0.05) is 17.8 Å². The van der Waals surface area contributed by atoms with Gasteiger partial charge in [-0.2, -0.15) is 0 Å². The topological polar surface area (TPSA) is 17.1 Å². The molecule has 0 amide bonds. The summed E-state index contributed by atoms with van der Waals surface area (Å²) in [6.45, 7) is 0. The molecule has 7 rings (SSSR count). The first-order valence-corrected chi connectivity index (χ1v) is 9.11. The molecule has 1 saturated carbocycles. The summed E-state index contributed by atoms with van der Waals surface area (Å²) >= 11 is 0. The van der Waals surface area contributed by atoms with Gasteiger partial charge in [-0.1, -0.05) is 29.3 Å². The van der Waals surface area contributed by atoms with Crippen LogP contribution in [-0.4, -0.2) is 5.78 Å². The summed E-state index contributed by atoms with van der Waals surface area (Å²) in [5.74, 6) is 2.40. The van der Waals surface area contributed by atoms with Crippen molar-refractivity contribution in [3.05, 3.63) is 46.0 Å². The largest absolute Gasteiger partial charge is 0.299 e. The number of ketones is 1. The Balaban J connectivity index is 1.66. The van der Waals surface area contributed by atoms with Crippen molar-refractivity contribution in [1.82, 2.24) is 0 Å². The SMILES string of the molecule is O=C1Cc2ccc3cc2CC1C12CCC(C1)C1=C2CCC3C1. The van der Waals surface area contributed by atoms with Gasteiger partial charge < -0.3 is 0 Å². The predicted molar refractivity (Wildman–Crippen MR) is 85.7 cm³/mol. The molecule has 1 heteroatoms. The van der Waals surface area contributed by atoms with E-state index in [0.29, 0.717) is 18.1 Å². The van der Waals surface area contributed by atoms with E-state index in [-0.39, 0.29) is 5.41 Å². The summed E-state index contributed by atoms with van der Waals surface area (Å²) in [6.07, 6.45) is 9.57. The van der Waals surface area contributed by atoms with Crippen molar-refractivity contribution >= 4 is 5.78 Å². The van der Waals surface area contributed by atoms with E-state index < -0.39 is 0 Å². The predicted octanol–water partition coefficient (Wildman–Crippen LogP) is 4.35. The van der Waals surface area contributed by atoms with Crippen LogP contribution in [0, 0.1) is 17.3 Å². The van der Waals surface area contributed by atoms with Crippen LogP contribution >= 0.6 is 0 Å². The summed E-state index contributed by atoms with van der Waals surface area (Å²) in [6, 6.07) is 7.06. The molecule has 1 nitrogen and oxygen atoms in total. The van der Waals surface area contributed by atoms with Crippen molar-refractivity contribution in [2.75, 3.05) is 0 Å². The van der Waals surface area contributed by atoms with Crippen LogP contribution < -0.4 is 0 Å². The highest BCUT2D eigenvalue weighted by Gasteiger charge is 2.57. The maximum absolute atomic E-state index is 13.0. The molecule has 8 bridgehead atoms. The molecule has 112 valence electrons. The number of hydrogen-bond donors (Lipinski definition) is 0. The molecule has 1 aromatic rings. The van der Waals surface area contributed by atoms with E-state index in [4.69, 9.17) is 0 Å². The Morgan fingerprint density at radius 3 is 2.95 bits per heavy atom. The second-order valence-corrected chi connectivity index (χ2v) is 8.47. The van der Waals surface area contributed by atoms with Gasteiger partial charge in [-0.25, -0.2) is 0 Å². The standard InChI is InChI=1S/C21H22O/c22-20-10-14-2-1-12-7-16(14)9-19(20)21-6-5-15(11-21)17-8-13(12)3-4-18(17)21/h1-2,7,13,15,19H,3-6,8-11H2. The molecule has 0 aliphatic heterocycles. The first-order valence-electron chi connectivity index (χ1n) is 9.11. The second kappa shape index (κ2) is 3.75. The van der Waals surface area contributed by atoms with Gasteiger partial charge in [0.15, 0.2) is 0 Å². The lowest BCUT2D eigenvalue weighted by atomic mass is 9.59. The monoisotopic (exact) mass is 290 g/mol. The van der Waals surface area contributed by atoms with Gasteiger partial charge in [-0.15, -0.1) is 0 Å². The minimum Gasteiger partial charge on any atom is -0.299 e. The smallest absolute Gasteiger partial charge is 0.141 e. The van der Waals surface area contributed by atoms with Gasteiger partial charge in [-0.3, -0.25) is 4.79 Å². The number of benzene rings is 1. The Hall–Kier alpha value is -1.37. The van der Waals surface area contributed by atoms with Crippen LogP contribution in [0.25, 0.3) is 0 Å². The molecule has 0 N–H and O–H groups in total. The normalized spacial score (nSPS) is 40.7. The number of Topliss-reactive ketones (excluding diaryl/α,β-unsaturated/α-hetero) is 1. The zero-order chi connectivity index (χ0) is 14.5. The molecular weight excluding hydrogens is 268 g/mol. The Morgan fingerprint density at radius 1 is 1.05 bits per heavy atom. The molecule has 0 saturated heterocycles. The molecule has 0 aromatic heterocycles. The average molecular weight is 290 g/mol. The Kier molecular flexibility index (Phi) is 2.06. The minimum absolute atomic E-state index is 0.285. The molecule has 22 heavy (non-hydrogen) atoms. The zero-order valence-corrected chi connectivity index (χ0v) is 13.0. The van der Waals surface area contributed by atoms with Crippen LogP contribution in [0.5, 0.6) is 0 Å². The summed E-state index contributed by atoms with van der Waals surface area (Å²) in [4.78, 5) is 13.0. The number of carbonyl (C=O) groups excluding carboxylic acids is 1. The summed E-state index contributed by atoms with van der Waals surface area (Å²) in [5.41, 5.74) is 8.23. The number of hydrogen-bond acceptors (Lipinski definition) is 1. The van der Waals surface area contributed by atoms with E-state index in [0.717, 1.165) is 18.3 Å². The van der Waals surface area contributed by atoms with E-state index in [1.54, 1.807) is 16.7 Å². The van der Waals surface area contributed by atoms with Crippen molar-refractivity contribution in [1.29, 1.82) is 0 Å². The fourth-order valence-electron chi connectivity index (χ4n) is 6.82. The molecule has 1 fully saturated rings. The molecule has 0 radical (unpaired) electrons. The molecule has 4 atom stereocenters. The van der Waals surface area contributed by atoms with Crippen molar-refractivity contribution in [3.8, 4) is 0 Å².